The van der Waals surface area contributed by atoms with E-state index in [1.165, 1.54) is 17.6 Å². The molecular formula is C11H7N3OS. The lowest BCUT2D eigenvalue weighted by atomic mass is 10.3. The van der Waals surface area contributed by atoms with Gasteiger partial charge >= 0.3 is 0 Å². The highest BCUT2D eigenvalue weighted by molar-refractivity contribution is 7.13. The molecule has 0 saturated carbocycles. The van der Waals surface area contributed by atoms with Crippen LogP contribution in [0.1, 0.15) is 15.4 Å². The first-order valence-electron chi connectivity index (χ1n) is 4.44. The monoisotopic (exact) mass is 229 g/mol. The van der Waals surface area contributed by atoms with Crippen molar-refractivity contribution < 1.29 is 5.21 Å². The van der Waals surface area contributed by atoms with Crippen molar-refractivity contribution in [3.8, 4) is 11.8 Å². The molecule has 0 spiro atoms. The van der Waals surface area contributed by atoms with E-state index in [2.05, 4.69) is 27.0 Å². The summed E-state index contributed by atoms with van der Waals surface area (Å²) in [5.41, 5.74) is 0.843. The summed E-state index contributed by atoms with van der Waals surface area (Å²) < 4.78 is 0. The van der Waals surface area contributed by atoms with Crippen molar-refractivity contribution in [3.63, 3.8) is 0 Å². The van der Waals surface area contributed by atoms with Crippen molar-refractivity contribution >= 4 is 17.6 Å². The highest BCUT2D eigenvalue weighted by Gasteiger charge is 1.95. The molecule has 0 saturated heterocycles. The van der Waals surface area contributed by atoms with Crippen molar-refractivity contribution in [2.24, 2.45) is 5.16 Å². The van der Waals surface area contributed by atoms with Crippen LogP contribution in [0.15, 0.2) is 35.9 Å². The Bertz CT molecular complexity index is 551. The molecule has 0 radical (unpaired) electrons. The van der Waals surface area contributed by atoms with Gasteiger partial charge in [-0.3, -0.25) is 4.98 Å². The Hall–Kier alpha value is -2.19. The largest absolute Gasteiger partial charge is 0.411 e. The third-order valence-electron chi connectivity index (χ3n) is 1.68. The van der Waals surface area contributed by atoms with Crippen molar-refractivity contribution in [2.75, 3.05) is 0 Å². The molecule has 5 heteroatoms. The topological polar surface area (TPSA) is 58.4 Å². The zero-order valence-electron chi connectivity index (χ0n) is 8.16. The van der Waals surface area contributed by atoms with Crippen LogP contribution in [0.4, 0.5) is 0 Å². The van der Waals surface area contributed by atoms with Crippen LogP contribution >= 0.6 is 11.3 Å². The number of thiazole rings is 1. The number of hydrogen-bond donors (Lipinski definition) is 1. The maximum atomic E-state index is 8.34. The Labute approximate surface area is 96.3 Å². The molecule has 0 unspecified atom stereocenters. The molecule has 2 heterocycles. The number of hydrogen-bond acceptors (Lipinski definition) is 5. The van der Waals surface area contributed by atoms with E-state index in [0.717, 1.165) is 10.4 Å². The molecule has 0 aliphatic rings. The van der Waals surface area contributed by atoms with Gasteiger partial charge in [-0.15, -0.1) is 11.3 Å². The molecule has 4 nitrogen and oxygen atoms in total. The zero-order valence-corrected chi connectivity index (χ0v) is 8.98. The second kappa shape index (κ2) is 5.05. The third-order valence-corrected chi connectivity index (χ3v) is 2.53. The van der Waals surface area contributed by atoms with E-state index in [4.69, 9.17) is 5.21 Å². The van der Waals surface area contributed by atoms with Gasteiger partial charge in [0.05, 0.1) is 11.1 Å². The molecule has 0 aliphatic carbocycles. The van der Waals surface area contributed by atoms with Gasteiger partial charge in [0.2, 0.25) is 0 Å². The highest BCUT2D eigenvalue weighted by Crippen LogP contribution is 2.09. The SMILES string of the molecule is O/N=C\c1cnc(C#Cc2cccnc2)s1. The van der Waals surface area contributed by atoms with E-state index in [0.29, 0.717) is 5.01 Å². The normalized spacial score (nSPS) is 10.0. The molecule has 16 heavy (non-hydrogen) atoms. The molecular weight excluding hydrogens is 222 g/mol. The molecule has 2 aromatic rings. The molecule has 0 amide bonds. The van der Waals surface area contributed by atoms with Gasteiger partial charge in [0.15, 0.2) is 5.01 Å². The average molecular weight is 229 g/mol. The van der Waals surface area contributed by atoms with Crippen LogP contribution in [-0.2, 0) is 0 Å². The molecule has 78 valence electrons. The number of oxime groups is 1. The van der Waals surface area contributed by atoms with Crippen molar-refractivity contribution in [3.05, 3.63) is 46.2 Å². The van der Waals surface area contributed by atoms with E-state index in [1.807, 2.05) is 12.1 Å². The zero-order chi connectivity index (χ0) is 11.2. The van der Waals surface area contributed by atoms with Crippen molar-refractivity contribution in [1.82, 2.24) is 9.97 Å². The van der Waals surface area contributed by atoms with Gasteiger partial charge in [-0.1, -0.05) is 11.1 Å². The molecule has 2 aromatic heterocycles. The fourth-order valence-corrected chi connectivity index (χ4v) is 1.66. The highest BCUT2D eigenvalue weighted by atomic mass is 32.1. The maximum absolute atomic E-state index is 8.34. The summed E-state index contributed by atoms with van der Waals surface area (Å²) in [7, 11) is 0. The predicted molar refractivity (Wildman–Crippen MR) is 61.7 cm³/mol. The standard InChI is InChI=1S/C11H7N3OS/c15-14-8-10-7-13-11(16-10)4-3-9-2-1-5-12-6-9/h1-2,5-8,15H/b14-8-. The lowest BCUT2D eigenvalue weighted by Crippen LogP contribution is -1.75. The minimum absolute atomic E-state index is 0.679. The van der Waals surface area contributed by atoms with Crippen LogP contribution in [0.5, 0.6) is 0 Å². The summed E-state index contributed by atoms with van der Waals surface area (Å²) in [5.74, 6) is 5.86. The second-order valence-corrected chi connectivity index (χ2v) is 3.87. The van der Waals surface area contributed by atoms with E-state index in [9.17, 15) is 0 Å². The molecule has 0 aromatic carbocycles. The van der Waals surface area contributed by atoms with Crippen molar-refractivity contribution in [2.45, 2.75) is 0 Å². The first-order chi connectivity index (χ1) is 7.88. The Balaban J connectivity index is 2.18. The van der Waals surface area contributed by atoms with Gasteiger partial charge in [0.1, 0.15) is 0 Å². The number of aromatic nitrogens is 2. The summed E-state index contributed by atoms with van der Waals surface area (Å²) in [4.78, 5) is 8.79. The third kappa shape index (κ3) is 2.65. The van der Waals surface area contributed by atoms with Gasteiger partial charge < -0.3 is 5.21 Å². The smallest absolute Gasteiger partial charge is 0.167 e. The lowest BCUT2D eigenvalue weighted by Gasteiger charge is -1.84. The van der Waals surface area contributed by atoms with Gasteiger partial charge in [-0.25, -0.2) is 4.98 Å². The fraction of sp³-hybridized carbons (Fsp3) is 0. The predicted octanol–water partition coefficient (Wildman–Crippen LogP) is 1.75. The van der Waals surface area contributed by atoms with Gasteiger partial charge in [0, 0.05) is 24.2 Å². The molecule has 0 bridgehead atoms. The second-order valence-electron chi connectivity index (χ2n) is 2.80. The Morgan fingerprint density at radius 2 is 2.31 bits per heavy atom. The molecule has 0 fully saturated rings. The van der Waals surface area contributed by atoms with Crippen LogP contribution in [-0.4, -0.2) is 21.4 Å². The molecule has 0 aliphatic heterocycles. The summed E-state index contributed by atoms with van der Waals surface area (Å²) in [6, 6.07) is 3.71. The summed E-state index contributed by atoms with van der Waals surface area (Å²) in [5, 5.41) is 11.9. The Morgan fingerprint density at radius 3 is 3.06 bits per heavy atom. The molecule has 0 atom stereocenters. The van der Waals surface area contributed by atoms with Crippen LogP contribution in [0.3, 0.4) is 0 Å². The first kappa shape index (κ1) is 10.3. The minimum Gasteiger partial charge on any atom is -0.411 e. The number of pyridine rings is 1. The van der Waals surface area contributed by atoms with E-state index in [-0.39, 0.29) is 0 Å². The Morgan fingerprint density at radius 1 is 1.38 bits per heavy atom. The van der Waals surface area contributed by atoms with Crippen LogP contribution in [0.2, 0.25) is 0 Å². The fourth-order valence-electron chi connectivity index (χ4n) is 1.02. The van der Waals surface area contributed by atoms with Gasteiger partial charge in [-0.2, -0.15) is 0 Å². The number of nitrogens with zero attached hydrogens (tertiary/aromatic N) is 3. The maximum Gasteiger partial charge on any atom is 0.167 e. The first-order valence-corrected chi connectivity index (χ1v) is 5.25. The van der Waals surface area contributed by atoms with Crippen LogP contribution < -0.4 is 0 Å². The minimum atomic E-state index is 0.679. The van der Waals surface area contributed by atoms with Crippen LogP contribution in [0.25, 0.3) is 0 Å². The summed E-state index contributed by atoms with van der Waals surface area (Å²) >= 11 is 1.36. The van der Waals surface area contributed by atoms with Crippen molar-refractivity contribution in [1.29, 1.82) is 0 Å². The van der Waals surface area contributed by atoms with E-state index in [1.54, 1.807) is 18.6 Å². The summed E-state index contributed by atoms with van der Waals surface area (Å²) in [6.45, 7) is 0. The van der Waals surface area contributed by atoms with Gasteiger partial charge in [-0.05, 0) is 18.1 Å². The number of rotatable bonds is 1. The Kier molecular flexibility index (Phi) is 3.26. The molecule has 1 N–H and O–H groups in total. The quantitative estimate of drug-likeness (QED) is 0.351. The molecule has 2 rings (SSSR count). The van der Waals surface area contributed by atoms with E-state index >= 15 is 0 Å². The van der Waals surface area contributed by atoms with Gasteiger partial charge in [0.25, 0.3) is 0 Å². The summed E-state index contributed by atoms with van der Waals surface area (Å²) in [6.07, 6.45) is 6.33. The average Bonchev–Trinajstić information content (AvgIpc) is 2.76. The lowest BCUT2D eigenvalue weighted by molar-refractivity contribution is 0.322. The van der Waals surface area contributed by atoms with Crippen LogP contribution in [0, 0.1) is 11.8 Å². The van der Waals surface area contributed by atoms with E-state index < -0.39 is 0 Å².